The molecular formula is C12H18N4. The third kappa shape index (κ3) is 1.89. The molecule has 1 aliphatic heterocycles. The summed E-state index contributed by atoms with van der Waals surface area (Å²) in [7, 11) is 0. The van der Waals surface area contributed by atoms with Gasteiger partial charge in [-0.1, -0.05) is 0 Å². The number of rotatable bonds is 3. The SMILES string of the molecule is NCC1CCN(c2cc(C3CC3)ncn2)C1. The van der Waals surface area contributed by atoms with Crippen molar-refractivity contribution in [2.75, 3.05) is 24.5 Å². The Morgan fingerprint density at radius 2 is 2.19 bits per heavy atom. The quantitative estimate of drug-likeness (QED) is 0.826. The van der Waals surface area contributed by atoms with Crippen LogP contribution in [0.3, 0.4) is 0 Å². The molecule has 0 radical (unpaired) electrons. The van der Waals surface area contributed by atoms with Crippen LogP contribution in [0.4, 0.5) is 5.82 Å². The second-order valence-electron chi connectivity index (χ2n) is 4.91. The van der Waals surface area contributed by atoms with E-state index in [9.17, 15) is 0 Å². The van der Waals surface area contributed by atoms with Gasteiger partial charge in [-0.3, -0.25) is 0 Å². The highest BCUT2D eigenvalue weighted by atomic mass is 15.2. The molecule has 1 aromatic heterocycles. The lowest BCUT2D eigenvalue weighted by atomic mass is 10.1. The average Bonchev–Trinajstić information content (AvgIpc) is 3.07. The zero-order valence-corrected chi connectivity index (χ0v) is 9.47. The first kappa shape index (κ1) is 10.0. The number of hydrogen-bond acceptors (Lipinski definition) is 4. The highest BCUT2D eigenvalue weighted by molar-refractivity contribution is 5.41. The number of hydrogen-bond donors (Lipinski definition) is 1. The van der Waals surface area contributed by atoms with Crippen LogP contribution in [0.15, 0.2) is 12.4 Å². The normalized spacial score (nSPS) is 25.1. The van der Waals surface area contributed by atoms with Crippen LogP contribution >= 0.6 is 0 Å². The second kappa shape index (κ2) is 4.01. The maximum absolute atomic E-state index is 5.70. The average molecular weight is 218 g/mol. The first-order valence-corrected chi connectivity index (χ1v) is 6.14. The van der Waals surface area contributed by atoms with Crippen LogP contribution in [0, 0.1) is 5.92 Å². The third-order valence-corrected chi connectivity index (χ3v) is 3.61. The molecule has 2 heterocycles. The number of nitrogens with zero attached hydrogens (tertiary/aromatic N) is 3. The number of aromatic nitrogens is 2. The Kier molecular flexibility index (Phi) is 2.52. The lowest BCUT2D eigenvalue weighted by Gasteiger charge is -2.17. The summed E-state index contributed by atoms with van der Waals surface area (Å²) < 4.78 is 0. The molecule has 1 aliphatic carbocycles. The molecule has 4 heteroatoms. The molecule has 0 spiro atoms. The van der Waals surface area contributed by atoms with Gasteiger partial charge < -0.3 is 10.6 Å². The van der Waals surface area contributed by atoms with Gasteiger partial charge in [0.05, 0.1) is 0 Å². The summed E-state index contributed by atoms with van der Waals surface area (Å²) in [4.78, 5) is 11.1. The molecule has 16 heavy (non-hydrogen) atoms. The van der Waals surface area contributed by atoms with Crippen LogP contribution in [-0.2, 0) is 0 Å². The standard InChI is InChI=1S/C12H18N4/c13-6-9-3-4-16(7-9)12-5-11(10-1-2-10)14-8-15-12/h5,8-10H,1-4,6-7,13H2. The monoisotopic (exact) mass is 218 g/mol. The van der Waals surface area contributed by atoms with Crippen molar-refractivity contribution in [3.05, 3.63) is 18.1 Å². The van der Waals surface area contributed by atoms with Crippen LogP contribution in [-0.4, -0.2) is 29.6 Å². The number of anilines is 1. The molecule has 1 saturated carbocycles. The first-order chi connectivity index (χ1) is 7.86. The van der Waals surface area contributed by atoms with E-state index in [0.29, 0.717) is 11.8 Å². The molecule has 2 N–H and O–H groups in total. The lowest BCUT2D eigenvalue weighted by molar-refractivity contribution is 0.602. The molecule has 0 aromatic carbocycles. The van der Waals surface area contributed by atoms with Crippen molar-refractivity contribution < 1.29 is 0 Å². The molecule has 1 unspecified atom stereocenters. The molecule has 1 aromatic rings. The number of nitrogens with two attached hydrogens (primary N) is 1. The van der Waals surface area contributed by atoms with Crippen molar-refractivity contribution in [1.82, 2.24) is 9.97 Å². The third-order valence-electron chi connectivity index (χ3n) is 3.61. The van der Waals surface area contributed by atoms with E-state index in [4.69, 9.17) is 5.73 Å². The minimum Gasteiger partial charge on any atom is -0.356 e. The maximum Gasteiger partial charge on any atom is 0.132 e. The van der Waals surface area contributed by atoms with E-state index in [1.54, 1.807) is 6.33 Å². The highest BCUT2D eigenvalue weighted by Crippen LogP contribution is 2.39. The van der Waals surface area contributed by atoms with Gasteiger partial charge in [0.25, 0.3) is 0 Å². The van der Waals surface area contributed by atoms with Gasteiger partial charge in [0.2, 0.25) is 0 Å². The van der Waals surface area contributed by atoms with E-state index in [2.05, 4.69) is 20.9 Å². The van der Waals surface area contributed by atoms with Gasteiger partial charge in [-0.25, -0.2) is 9.97 Å². The van der Waals surface area contributed by atoms with Gasteiger partial charge in [0.15, 0.2) is 0 Å². The topological polar surface area (TPSA) is 55.0 Å². The van der Waals surface area contributed by atoms with E-state index in [-0.39, 0.29) is 0 Å². The van der Waals surface area contributed by atoms with E-state index in [1.807, 2.05) is 0 Å². The molecule has 0 bridgehead atoms. The van der Waals surface area contributed by atoms with Crippen LogP contribution < -0.4 is 10.6 Å². The summed E-state index contributed by atoms with van der Waals surface area (Å²) in [6.45, 7) is 2.93. The largest absolute Gasteiger partial charge is 0.356 e. The van der Waals surface area contributed by atoms with Crippen molar-refractivity contribution in [3.63, 3.8) is 0 Å². The van der Waals surface area contributed by atoms with Gasteiger partial charge in [0.1, 0.15) is 12.1 Å². The van der Waals surface area contributed by atoms with Crippen LogP contribution in [0.25, 0.3) is 0 Å². The summed E-state index contributed by atoms with van der Waals surface area (Å²) in [6, 6.07) is 2.16. The van der Waals surface area contributed by atoms with E-state index >= 15 is 0 Å². The van der Waals surface area contributed by atoms with Gasteiger partial charge >= 0.3 is 0 Å². The Morgan fingerprint density at radius 1 is 1.31 bits per heavy atom. The Balaban J connectivity index is 1.76. The summed E-state index contributed by atoms with van der Waals surface area (Å²) >= 11 is 0. The van der Waals surface area contributed by atoms with Gasteiger partial charge in [-0.15, -0.1) is 0 Å². The van der Waals surface area contributed by atoms with Crippen molar-refractivity contribution in [2.45, 2.75) is 25.2 Å². The van der Waals surface area contributed by atoms with Crippen LogP contribution in [0.5, 0.6) is 0 Å². The van der Waals surface area contributed by atoms with E-state index in [1.165, 1.54) is 25.0 Å². The Labute approximate surface area is 95.9 Å². The van der Waals surface area contributed by atoms with Crippen molar-refractivity contribution in [2.24, 2.45) is 11.7 Å². The van der Waals surface area contributed by atoms with E-state index < -0.39 is 0 Å². The minimum absolute atomic E-state index is 0.638. The molecule has 2 fully saturated rings. The molecule has 4 nitrogen and oxygen atoms in total. The van der Waals surface area contributed by atoms with Crippen molar-refractivity contribution >= 4 is 5.82 Å². The Bertz CT molecular complexity index is 375. The molecular weight excluding hydrogens is 200 g/mol. The molecule has 2 aliphatic rings. The van der Waals surface area contributed by atoms with E-state index in [0.717, 1.165) is 25.5 Å². The molecule has 86 valence electrons. The summed E-state index contributed by atoms with van der Waals surface area (Å²) in [5.41, 5.74) is 6.93. The predicted octanol–water partition coefficient (Wildman–Crippen LogP) is 1.14. The Hall–Kier alpha value is -1.16. The highest BCUT2D eigenvalue weighted by Gasteiger charge is 2.27. The van der Waals surface area contributed by atoms with Crippen molar-refractivity contribution in [1.29, 1.82) is 0 Å². The van der Waals surface area contributed by atoms with Gasteiger partial charge in [-0.05, 0) is 31.7 Å². The summed E-state index contributed by atoms with van der Waals surface area (Å²) in [5, 5.41) is 0. The lowest BCUT2D eigenvalue weighted by Crippen LogP contribution is -2.23. The molecule has 0 amide bonds. The van der Waals surface area contributed by atoms with Crippen molar-refractivity contribution in [3.8, 4) is 0 Å². The van der Waals surface area contributed by atoms with Gasteiger partial charge in [-0.2, -0.15) is 0 Å². The van der Waals surface area contributed by atoms with Gasteiger partial charge in [0, 0.05) is 30.8 Å². The molecule has 1 atom stereocenters. The first-order valence-electron chi connectivity index (χ1n) is 6.14. The van der Waals surface area contributed by atoms with Crippen LogP contribution in [0.1, 0.15) is 30.9 Å². The second-order valence-corrected chi connectivity index (χ2v) is 4.91. The zero-order valence-electron chi connectivity index (χ0n) is 9.47. The summed E-state index contributed by atoms with van der Waals surface area (Å²) in [6.07, 6.45) is 5.49. The fourth-order valence-electron chi connectivity index (χ4n) is 2.37. The summed E-state index contributed by atoms with van der Waals surface area (Å²) in [5.74, 6) is 2.43. The van der Waals surface area contributed by atoms with Crippen LogP contribution in [0.2, 0.25) is 0 Å². The zero-order chi connectivity index (χ0) is 11.0. The fourth-order valence-corrected chi connectivity index (χ4v) is 2.37. The fraction of sp³-hybridized carbons (Fsp3) is 0.667. The Morgan fingerprint density at radius 3 is 2.88 bits per heavy atom. The maximum atomic E-state index is 5.70. The smallest absolute Gasteiger partial charge is 0.132 e. The predicted molar refractivity (Wildman–Crippen MR) is 63.4 cm³/mol. The molecule has 3 rings (SSSR count). The minimum atomic E-state index is 0.638. The molecule has 1 saturated heterocycles.